The van der Waals surface area contributed by atoms with Gasteiger partial charge >= 0.3 is 0 Å². The number of nitrogens with one attached hydrogen (secondary N) is 2. The van der Waals surface area contributed by atoms with Crippen molar-refractivity contribution in [3.63, 3.8) is 0 Å². The Morgan fingerprint density at radius 2 is 1.87 bits per heavy atom. The fourth-order valence-electron chi connectivity index (χ4n) is 2.16. The number of carbonyl (C=O) groups excluding carboxylic acids is 1. The van der Waals surface area contributed by atoms with Crippen LogP contribution in [0.4, 0.5) is 5.82 Å². The Labute approximate surface area is 137 Å². The van der Waals surface area contributed by atoms with E-state index < -0.39 is 0 Å². The van der Waals surface area contributed by atoms with Crippen LogP contribution >= 0.6 is 0 Å². The van der Waals surface area contributed by atoms with Crippen LogP contribution in [-0.4, -0.2) is 29.0 Å². The maximum atomic E-state index is 11.8. The molecule has 1 heterocycles. The normalized spacial score (nSPS) is 10.3. The van der Waals surface area contributed by atoms with Crippen molar-refractivity contribution in [1.29, 1.82) is 0 Å². The van der Waals surface area contributed by atoms with E-state index in [0.29, 0.717) is 18.1 Å². The fourth-order valence-corrected chi connectivity index (χ4v) is 2.16. The average molecular weight is 312 g/mol. The quantitative estimate of drug-likeness (QED) is 0.698. The van der Waals surface area contributed by atoms with E-state index in [1.807, 2.05) is 6.07 Å². The zero-order chi connectivity index (χ0) is 16.3. The molecule has 0 aliphatic heterocycles. The van der Waals surface area contributed by atoms with Gasteiger partial charge in [-0.3, -0.25) is 4.79 Å². The third kappa shape index (κ3) is 6.06. The topological polar surface area (TPSA) is 66.9 Å². The van der Waals surface area contributed by atoms with E-state index >= 15 is 0 Å². The van der Waals surface area contributed by atoms with E-state index in [1.165, 1.54) is 11.8 Å². The molecule has 0 fully saturated rings. The summed E-state index contributed by atoms with van der Waals surface area (Å²) in [6, 6.07) is 10.4. The molecule has 1 aromatic heterocycles. The molecule has 1 aromatic carbocycles. The summed E-state index contributed by atoms with van der Waals surface area (Å²) in [5.74, 6) is 0.532. The number of aryl methyl sites for hydroxylation is 1. The van der Waals surface area contributed by atoms with Gasteiger partial charge in [-0.1, -0.05) is 43.7 Å². The summed E-state index contributed by atoms with van der Waals surface area (Å²) < 4.78 is 0. The molecule has 5 heteroatoms. The number of nitrogens with zero attached hydrogens (tertiary/aromatic N) is 2. The third-order valence-electron chi connectivity index (χ3n) is 3.49. The zero-order valence-electron chi connectivity index (χ0n) is 13.6. The second-order valence-electron chi connectivity index (χ2n) is 5.41. The predicted molar refractivity (Wildman–Crippen MR) is 92.5 cm³/mol. The molecule has 2 aromatic rings. The van der Waals surface area contributed by atoms with Crippen molar-refractivity contribution >= 4 is 11.7 Å². The zero-order valence-corrected chi connectivity index (χ0v) is 13.6. The lowest BCUT2D eigenvalue weighted by Gasteiger charge is -2.07. The summed E-state index contributed by atoms with van der Waals surface area (Å²) >= 11 is 0. The first-order chi connectivity index (χ1) is 11.3. The number of hydrogen-bond acceptors (Lipinski definition) is 4. The van der Waals surface area contributed by atoms with Crippen LogP contribution in [0.5, 0.6) is 0 Å². The maximum absolute atomic E-state index is 11.8. The van der Waals surface area contributed by atoms with Crippen LogP contribution < -0.4 is 10.6 Å². The average Bonchev–Trinajstić information content (AvgIpc) is 2.60. The summed E-state index contributed by atoms with van der Waals surface area (Å²) in [5.41, 5.74) is 1.69. The van der Waals surface area contributed by atoms with Gasteiger partial charge < -0.3 is 10.6 Å². The van der Waals surface area contributed by atoms with Gasteiger partial charge in [-0.25, -0.2) is 9.97 Å². The lowest BCUT2D eigenvalue weighted by atomic mass is 10.1. The molecule has 122 valence electrons. The second kappa shape index (κ2) is 9.56. The maximum Gasteiger partial charge on any atom is 0.271 e. The summed E-state index contributed by atoms with van der Waals surface area (Å²) in [6.45, 7) is 3.59. The van der Waals surface area contributed by atoms with Crippen molar-refractivity contribution in [2.45, 2.75) is 32.6 Å². The fraction of sp³-hybridized carbons (Fsp3) is 0.389. The van der Waals surface area contributed by atoms with Gasteiger partial charge in [-0.2, -0.15) is 0 Å². The molecule has 0 saturated heterocycles. The number of unbranched alkanes of at least 4 members (excludes halogenated alkanes) is 1. The van der Waals surface area contributed by atoms with Crippen LogP contribution in [-0.2, 0) is 6.42 Å². The molecule has 0 bridgehead atoms. The van der Waals surface area contributed by atoms with Crippen molar-refractivity contribution < 1.29 is 4.79 Å². The molecule has 0 aliphatic rings. The molecule has 2 rings (SSSR count). The number of hydrogen-bond donors (Lipinski definition) is 2. The van der Waals surface area contributed by atoms with Crippen molar-refractivity contribution in [3.05, 3.63) is 54.0 Å². The number of benzene rings is 1. The van der Waals surface area contributed by atoms with E-state index in [0.717, 1.165) is 32.2 Å². The molecule has 0 spiro atoms. The molecule has 23 heavy (non-hydrogen) atoms. The van der Waals surface area contributed by atoms with Crippen LogP contribution in [0.25, 0.3) is 0 Å². The van der Waals surface area contributed by atoms with Crippen molar-refractivity contribution in [3.8, 4) is 0 Å². The van der Waals surface area contributed by atoms with Crippen LogP contribution in [0, 0.1) is 0 Å². The summed E-state index contributed by atoms with van der Waals surface area (Å²) in [5, 5.41) is 6.06. The van der Waals surface area contributed by atoms with Crippen molar-refractivity contribution in [2.75, 3.05) is 18.4 Å². The minimum atomic E-state index is -0.165. The first-order valence-corrected chi connectivity index (χ1v) is 8.17. The van der Waals surface area contributed by atoms with Gasteiger partial charge in [-0.05, 0) is 24.8 Å². The Kier molecular flexibility index (Phi) is 7.04. The van der Waals surface area contributed by atoms with Crippen molar-refractivity contribution in [2.24, 2.45) is 0 Å². The van der Waals surface area contributed by atoms with Crippen LogP contribution in [0.2, 0.25) is 0 Å². The molecule has 0 radical (unpaired) electrons. The Hall–Kier alpha value is -2.43. The third-order valence-corrected chi connectivity index (χ3v) is 3.49. The minimum Gasteiger partial charge on any atom is -0.369 e. The predicted octanol–water partition coefficient (Wildman–Crippen LogP) is 3.05. The molecule has 5 nitrogen and oxygen atoms in total. The number of anilines is 1. The second-order valence-corrected chi connectivity index (χ2v) is 5.41. The molecule has 0 atom stereocenters. The number of aromatic nitrogens is 2. The largest absolute Gasteiger partial charge is 0.369 e. The van der Waals surface area contributed by atoms with E-state index in [-0.39, 0.29) is 5.91 Å². The van der Waals surface area contributed by atoms with E-state index in [1.54, 1.807) is 6.20 Å². The first kappa shape index (κ1) is 16.9. The molecular formula is C18H24N4O. The van der Waals surface area contributed by atoms with Gasteiger partial charge in [-0.15, -0.1) is 0 Å². The highest BCUT2D eigenvalue weighted by molar-refractivity contribution is 5.91. The monoisotopic (exact) mass is 312 g/mol. The summed E-state index contributed by atoms with van der Waals surface area (Å²) in [6.07, 6.45) is 7.19. The van der Waals surface area contributed by atoms with Crippen molar-refractivity contribution in [1.82, 2.24) is 15.3 Å². The SMILES string of the molecule is CCCCNC(=O)c1cnc(NCCCc2ccccc2)cn1. The molecule has 2 N–H and O–H groups in total. The molecule has 0 unspecified atom stereocenters. The number of carbonyl (C=O) groups is 1. The molecule has 0 aliphatic carbocycles. The highest BCUT2D eigenvalue weighted by atomic mass is 16.1. The van der Waals surface area contributed by atoms with E-state index in [4.69, 9.17) is 0 Å². The highest BCUT2D eigenvalue weighted by Crippen LogP contribution is 2.05. The Morgan fingerprint density at radius 3 is 2.57 bits per heavy atom. The molecule has 0 saturated carbocycles. The molecule has 1 amide bonds. The minimum absolute atomic E-state index is 0.165. The Morgan fingerprint density at radius 1 is 1.04 bits per heavy atom. The Balaban J connectivity index is 1.71. The van der Waals surface area contributed by atoms with Crippen LogP contribution in [0.3, 0.4) is 0 Å². The van der Waals surface area contributed by atoms with E-state index in [9.17, 15) is 4.79 Å². The summed E-state index contributed by atoms with van der Waals surface area (Å²) in [4.78, 5) is 20.2. The lowest BCUT2D eigenvalue weighted by molar-refractivity contribution is 0.0948. The van der Waals surface area contributed by atoms with Gasteiger partial charge in [0.1, 0.15) is 11.5 Å². The molecular weight excluding hydrogens is 288 g/mol. The van der Waals surface area contributed by atoms with E-state index in [2.05, 4.69) is 51.8 Å². The van der Waals surface area contributed by atoms with Gasteiger partial charge in [0.05, 0.1) is 12.4 Å². The van der Waals surface area contributed by atoms with Crippen LogP contribution in [0.1, 0.15) is 42.2 Å². The number of rotatable bonds is 9. The number of amides is 1. The van der Waals surface area contributed by atoms with Crippen LogP contribution in [0.15, 0.2) is 42.7 Å². The Bertz CT molecular complexity index is 584. The summed E-state index contributed by atoms with van der Waals surface area (Å²) in [7, 11) is 0. The van der Waals surface area contributed by atoms with Gasteiger partial charge in [0.2, 0.25) is 0 Å². The first-order valence-electron chi connectivity index (χ1n) is 8.17. The van der Waals surface area contributed by atoms with Gasteiger partial charge in [0, 0.05) is 13.1 Å². The standard InChI is InChI=1S/C18H24N4O/c1-2-3-11-20-18(23)16-13-22-17(14-21-16)19-12-7-10-15-8-5-4-6-9-15/h4-6,8-9,13-14H,2-3,7,10-12H2,1H3,(H,19,22)(H,20,23). The van der Waals surface area contributed by atoms with Gasteiger partial charge in [0.25, 0.3) is 5.91 Å². The lowest BCUT2D eigenvalue weighted by Crippen LogP contribution is -2.25. The van der Waals surface area contributed by atoms with Gasteiger partial charge in [0.15, 0.2) is 0 Å². The highest BCUT2D eigenvalue weighted by Gasteiger charge is 2.06. The smallest absolute Gasteiger partial charge is 0.271 e.